The second kappa shape index (κ2) is 6.01. The minimum absolute atomic E-state index is 0.217. The molecule has 1 saturated carbocycles. The summed E-state index contributed by atoms with van der Waals surface area (Å²) in [5, 5.41) is 10.2. The Kier molecular flexibility index (Phi) is 4.37. The lowest BCUT2D eigenvalue weighted by Gasteiger charge is -2.26. The molecule has 1 unspecified atom stereocenters. The highest BCUT2D eigenvalue weighted by molar-refractivity contribution is 5.18. The number of hydrogen-bond donors (Lipinski definition) is 1. The van der Waals surface area contributed by atoms with Crippen molar-refractivity contribution in [1.82, 2.24) is 4.98 Å². The van der Waals surface area contributed by atoms with Gasteiger partial charge in [0.1, 0.15) is 0 Å². The molecule has 94 valence electrons. The van der Waals surface area contributed by atoms with Crippen LogP contribution in [0.5, 0.6) is 5.88 Å². The van der Waals surface area contributed by atoms with Crippen LogP contribution >= 0.6 is 0 Å². The molecule has 0 radical (unpaired) electrons. The zero-order valence-corrected chi connectivity index (χ0v) is 10.4. The molecule has 1 aliphatic carbocycles. The fourth-order valence-electron chi connectivity index (χ4n) is 2.58. The number of aliphatic hydroxyl groups is 1. The van der Waals surface area contributed by atoms with Gasteiger partial charge in [0.15, 0.2) is 0 Å². The molecule has 3 heteroatoms. The van der Waals surface area contributed by atoms with Gasteiger partial charge in [-0.15, -0.1) is 0 Å². The SMILES string of the molecule is COc1ccc(CC(O)C2CCCCC2)cn1. The highest BCUT2D eigenvalue weighted by atomic mass is 16.5. The van der Waals surface area contributed by atoms with E-state index in [0.717, 1.165) is 5.56 Å². The Balaban J connectivity index is 1.89. The molecule has 0 bridgehead atoms. The van der Waals surface area contributed by atoms with Crippen LogP contribution in [0.3, 0.4) is 0 Å². The molecule has 1 heterocycles. The van der Waals surface area contributed by atoms with E-state index in [1.165, 1.54) is 32.1 Å². The Bertz CT molecular complexity index is 331. The molecule has 1 atom stereocenters. The van der Waals surface area contributed by atoms with E-state index >= 15 is 0 Å². The zero-order valence-electron chi connectivity index (χ0n) is 10.4. The average Bonchev–Trinajstić information content (AvgIpc) is 2.40. The topological polar surface area (TPSA) is 42.4 Å². The van der Waals surface area contributed by atoms with Crippen molar-refractivity contribution in [1.29, 1.82) is 0 Å². The molecule has 0 aliphatic heterocycles. The van der Waals surface area contributed by atoms with Gasteiger partial charge >= 0.3 is 0 Å². The summed E-state index contributed by atoms with van der Waals surface area (Å²) in [6.45, 7) is 0. The minimum atomic E-state index is -0.217. The molecule has 0 saturated heterocycles. The van der Waals surface area contributed by atoms with Gasteiger partial charge in [0.05, 0.1) is 13.2 Å². The maximum absolute atomic E-state index is 10.2. The summed E-state index contributed by atoms with van der Waals surface area (Å²) >= 11 is 0. The number of rotatable bonds is 4. The first kappa shape index (κ1) is 12.4. The minimum Gasteiger partial charge on any atom is -0.481 e. The van der Waals surface area contributed by atoms with E-state index in [0.29, 0.717) is 18.2 Å². The standard InChI is InChI=1S/C14H21NO2/c1-17-14-8-7-11(10-15-14)9-13(16)12-5-3-2-4-6-12/h7-8,10,12-13,16H,2-6,9H2,1H3. The molecular weight excluding hydrogens is 214 g/mol. The molecule has 0 spiro atoms. The summed E-state index contributed by atoms with van der Waals surface area (Å²) in [6.07, 6.45) is 8.49. The third-order valence-electron chi connectivity index (χ3n) is 3.65. The van der Waals surface area contributed by atoms with Crippen LogP contribution in [-0.4, -0.2) is 23.3 Å². The molecule has 1 aromatic heterocycles. The van der Waals surface area contributed by atoms with E-state index < -0.39 is 0 Å². The van der Waals surface area contributed by atoms with E-state index in [4.69, 9.17) is 4.74 Å². The Morgan fingerprint density at radius 3 is 2.71 bits per heavy atom. The number of nitrogens with zero attached hydrogens (tertiary/aromatic N) is 1. The summed E-state index contributed by atoms with van der Waals surface area (Å²) in [7, 11) is 1.61. The van der Waals surface area contributed by atoms with Crippen LogP contribution in [0, 0.1) is 5.92 Å². The molecule has 3 nitrogen and oxygen atoms in total. The van der Waals surface area contributed by atoms with E-state index in [1.807, 2.05) is 12.1 Å². The molecule has 17 heavy (non-hydrogen) atoms. The van der Waals surface area contributed by atoms with Crippen LogP contribution in [0.25, 0.3) is 0 Å². The zero-order chi connectivity index (χ0) is 12.1. The third-order valence-corrected chi connectivity index (χ3v) is 3.65. The first-order chi connectivity index (χ1) is 8.29. The first-order valence-electron chi connectivity index (χ1n) is 6.46. The number of aliphatic hydroxyl groups excluding tert-OH is 1. The van der Waals surface area contributed by atoms with Crippen molar-refractivity contribution in [2.24, 2.45) is 5.92 Å². The fourth-order valence-corrected chi connectivity index (χ4v) is 2.58. The van der Waals surface area contributed by atoms with Gasteiger partial charge in [0, 0.05) is 18.7 Å². The van der Waals surface area contributed by atoms with Crippen LogP contribution in [0.4, 0.5) is 0 Å². The van der Waals surface area contributed by atoms with E-state index in [2.05, 4.69) is 4.98 Å². The smallest absolute Gasteiger partial charge is 0.212 e. The maximum Gasteiger partial charge on any atom is 0.212 e. The van der Waals surface area contributed by atoms with Crippen molar-refractivity contribution in [3.63, 3.8) is 0 Å². The lowest BCUT2D eigenvalue weighted by atomic mass is 9.83. The van der Waals surface area contributed by atoms with Crippen LogP contribution < -0.4 is 4.74 Å². The Morgan fingerprint density at radius 2 is 2.12 bits per heavy atom. The van der Waals surface area contributed by atoms with Gasteiger partial charge in [0.2, 0.25) is 5.88 Å². The van der Waals surface area contributed by atoms with Gasteiger partial charge in [0.25, 0.3) is 0 Å². The molecule has 1 fully saturated rings. The largest absolute Gasteiger partial charge is 0.481 e. The predicted molar refractivity (Wildman–Crippen MR) is 67.1 cm³/mol. The van der Waals surface area contributed by atoms with Crippen LogP contribution in [0.1, 0.15) is 37.7 Å². The second-order valence-corrected chi connectivity index (χ2v) is 4.88. The van der Waals surface area contributed by atoms with Gasteiger partial charge in [-0.25, -0.2) is 4.98 Å². The van der Waals surface area contributed by atoms with Crippen LogP contribution in [-0.2, 0) is 6.42 Å². The maximum atomic E-state index is 10.2. The van der Waals surface area contributed by atoms with Gasteiger partial charge in [-0.1, -0.05) is 25.3 Å². The van der Waals surface area contributed by atoms with Gasteiger partial charge in [-0.2, -0.15) is 0 Å². The molecule has 0 aromatic carbocycles. The van der Waals surface area contributed by atoms with Crippen molar-refractivity contribution >= 4 is 0 Å². The van der Waals surface area contributed by atoms with E-state index in [-0.39, 0.29) is 6.10 Å². The molecule has 2 rings (SSSR count). The van der Waals surface area contributed by atoms with Gasteiger partial charge in [-0.3, -0.25) is 0 Å². The van der Waals surface area contributed by atoms with Crippen molar-refractivity contribution in [2.75, 3.05) is 7.11 Å². The molecule has 1 N–H and O–H groups in total. The number of aromatic nitrogens is 1. The highest BCUT2D eigenvalue weighted by Crippen LogP contribution is 2.27. The van der Waals surface area contributed by atoms with Crippen LogP contribution in [0.2, 0.25) is 0 Å². The van der Waals surface area contributed by atoms with E-state index in [9.17, 15) is 5.11 Å². The summed E-state index contributed by atoms with van der Waals surface area (Å²) < 4.78 is 5.02. The molecule has 1 aromatic rings. The number of hydrogen-bond acceptors (Lipinski definition) is 3. The summed E-state index contributed by atoms with van der Waals surface area (Å²) in [6, 6.07) is 3.83. The molecule has 1 aliphatic rings. The lowest BCUT2D eigenvalue weighted by molar-refractivity contribution is 0.0850. The Morgan fingerprint density at radius 1 is 1.35 bits per heavy atom. The predicted octanol–water partition coefficient (Wildman–Crippen LogP) is 2.57. The Hall–Kier alpha value is -1.09. The normalized spacial score (nSPS) is 18.9. The highest BCUT2D eigenvalue weighted by Gasteiger charge is 2.21. The molecule has 0 amide bonds. The van der Waals surface area contributed by atoms with Gasteiger partial charge < -0.3 is 9.84 Å². The summed E-state index contributed by atoms with van der Waals surface area (Å²) in [5.41, 5.74) is 1.09. The van der Waals surface area contributed by atoms with Crippen molar-refractivity contribution in [2.45, 2.75) is 44.6 Å². The number of methoxy groups -OCH3 is 1. The van der Waals surface area contributed by atoms with Crippen LogP contribution in [0.15, 0.2) is 18.3 Å². The monoisotopic (exact) mass is 235 g/mol. The Labute approximate surface area is 103 Å². The van der Waals surface area contributed by atoms with E-state index in [1.54, 1.807) is 13.3 Å². The number of pyridine rings is 1. The summed E-state index contributed by atoms with van der Waals surface area (Å²) in [4.78, 5) is 4.16. The lowest BCUT2D eigenvalue weighted by Crippen LogP contribution is -2.25. The fraction of sp³-hybridized carbons (Fsp3) is 0.643. The summed E-state index contributed by atoms with van der Waals surface area (Å²) in [5.74, 6) is 1.10. The van der Waals surface area contributed by atoms with Crippen molar-refractivity contribution in [3.05, 3.63) is 23.9 Å². The average molecular weight is 235 g/mol. The number of ether oxygens (including phenoxy) is 1. The quantitative estimate of drug-likeness (QED) is 0.872. The van der Waals surface area contributed by atoms with Crippen molar-refractivity contribution in [3.8, 4) is 5.88 Å². The van der Waals surface area contributed by atoms with Gasteiger partial charge in [-0.05, 0) is 24.3 Å². The third kappa shape index (κ3) is 3.43. The second-order valence-electron chi connectivity index (χ2n) is 4.88. The van der Waals surface area contributed by atoms with Crippen molar-refractivity contribution < 1.29 is 9.84 Å². The first-order valence-corrected chi connectivity index (χ1v) is 6.46. The molecular formula is C14H21NO2.